The summed E-state index contributed by atoms with van der Waals surface area (Å²) in [5.74, 6) is -0.169. The fraction of sp³-hybridized carbons (Fsp3) is 0.350. The van der Waals surface area contributed by atoms with E-state index < -0.39 is 0 Å². The van der Waals surface area contributed by atoms with Crippen molar-refractivity contribution < 1.29 is 14.6 Å². The molecule has 0 atom stereocenters. The molecule has 0 saturated carbocycles. The van der Waals surface area contributed by atoms with Gasteiger partial charge in [0, 0.05) is 12.0 Å². The van der Waals surface area contributed by atoms with E-state index in [1.165, 1.54) is 11.9 Å². The Kier molecular flexibility index (Phi) is 5.65. The molecule has 0 aliphatic heterocycles. The second-order valence-electron chi connectivity index (χ2n) is 7.01. The van der Waals surface area contributed by atoms with Crippen molar-refractivity contribution >= 4 is 18.1 Å². The molecule has 26 heavy (non-hydrogen) atoms. The molecule has 0 aliphatic carbocycles. The first-order chi connectivity index (χ1) is 12.2. The van der Waals surface area contributed by atoms with Crippen LogP contribution in [0.1, 0.15) is 49.7 Å². The number of methoxy groups -OCH3 is 1. The van der Waals surface area contributed by atoms with Gasteiger partial charge in [0.1, 0.15) is 22.8 Å². The second-order valence-corrected chi connectivity index (χ2v) is 7.01. The van der Waals surface area contributed by atoms with Gasteiger partial charge in [-0.2, -0.15) is 0 Å². The van der Waals surface area contributed by atoms with Crippen LogP contribution >= 0.6 is 0 Å². The summed E-state index contributed by atoms with van der Waals surface area (Å²) in [5.41, 5.74) is 2.97. The number of benzene rings is 1. The number of carbonyl (C=O) groups is 1. The first-order valence-electron chi connectivity index (χ1n) is 8.37. The molecule has 1 N–H and O–H groups in total. The topological polar surface area (TPSA) is 77.2 Å². The summed E-state index contributed by atoms with van der Waals surface area (Å²) in [5, 5.41) is 19.6. The lowest BCUT2D eigenvalue weighted by Crippen LogP contribution is -2.14. The van der Waals surface area contributed by atoms with Crippen molar-refractivity contribution in [2.24, 2.45) is 0 Å². The lowest BCUT2D eigenvalue weighted by atomic mass is 9.84. The third kappa shape index (κ3) is 4.02. The van der Waals surface area contributed by atoms with Crippen molar-refractivity contribution in [2.75, 3.05) is 7.11 Å². The van der Waals surface area contributed by atoms with Crippen molar-refractivity contribution in [3.8, 4) is 11.4 Å². The number of carbonyl (C=O) groups excluding carboxylic acids is 1. The number of esters is 1. The molecule has 0 fully saturated rings. The SMILES string of the molecule is C=Cc1nn(-c2cc(CCC(=O)OC)cc(C(C)(C)C)c2O)nc1C=C. The zero-order chi connectivity index (χ0) is 19.5. The van der Waals surface area contributed by atoms with Crippen molar-refractivity contribution in [1.29, 1.82) is 0 Å². The fourth-order valence-electron chi connectivity index (χ4n) is 2.62. The molecule has 6 nitrogen and oxygen atoms in total. The summed E-state index contributed by atoms with van der Waals surface area (Å²) in [6, 6.07) is 3.70. The highest BCUT2D eigenvalue weighted by atomic mass is 16.5. The molecule has 0 saturated heterocycles. The predicted molar refractivity (Wildman–Crippen MR) is 102 cm³/mol. The molecule has 0 unspecified atom stereocenters. The van der Waals surface area contributed by atoms with Crippen molar-refractivity contribution in [2.45, 2.75) is 39.0 Å². The normalized spacial score (nSPS) is 11.2. The molecule has 1 heterocycles. The Morgan fingerprint density at radius 1 is 1.23 bits per heavy atom. The molecule has 0 radical (unpaired) electrons. The van der Waals surface area contributed by atoms with Crippen LogP contribution in [0.2, 0.25) is 0 Å². The first-order valence-corrected chi connectivity index (χ1v) is 8.37. The summed E-state index contributed by atoms with van der Waals surface area (Å²) in [6.45, 7) is 13.5. The Morgan fingerprint density at radius 2 is 1.81 bits per heavy atom. The van der Waals surface area contributed by atoms with E-state index in [4.69, 9.17) is 4.74 Å². The summed E-state index contributed by atoms with van der Waals surface area (Å²) in [4.78, 5) is 12.9. The minimum Gasteiger partial charge on any atom is -0.505 e. The molecule has 1 aromatic carbocycles. The van der Waals surface area contributed by atoms with E-state index >= 15 is 0 Å². The average Bonchev–Trinajstić information content (AvgIpc) is 3.02. The third-order valence-electron chi connectivity index (χ3n) is 4.07. The quantitative estimate of drug-likeness (QED) is 0.800. The zero-order valence-electron chi connectivity index (χ0n) is 15.7. The molecular formula is C20H25N3O3. The van der Waals surface area contributed by atoms with Crippen LogP contribution in [0.4, 0.5) is 0 Å². The van der Waals surface area contributed by atoms with Crippen LogP contribution in [0, 0.1) is 0 Å². The van der Waals surface area contributed by atoms with Crippen molar-refractivity contribution in [3.63, 3.8) is 0 Å². The van der Waals surface area contributed by atoms with Gasteiger partial charge in [0.25, 0.3) is 0 Å². The molecule has 138 valence electrons. The van der Waals surface area contributed by atoms with Crippen molar-refractivity contribution in [3.05, 3.63) is 47.8 Å². The summed E-state index contributed by atoms with van der Waals surface area (Å²) in [7, 11) is 1.37. The van der Waals surface area contributed by atoms with E-state index in [9.17, 15) is 9.90 Å². The molecule has 0 aliphatic rings. The number of aryl methyl sites for hydroxylation is 1. The predicted octanol–water partition coefficient (Wildman–Crippen LogP) is 3.66. The van der Waals surface area contributed by atoms with E-state index in [1.807, 2.05) is 26.8 Å². The highest BCUT2D eigenvalue weighted by Crippen LogP contribution is 2.36. The van der Waals surface area contributed by atoms with Gasteiger partial charge >= 0.3 is 5.97 Å². The highest BCUT2D eigenvalue weighted by Gasteiger charge is 2.23. The van der Waals surface area contributed by atoms with Crippen LogP contribution in [0.3, 0.4) is 0 Å². The second kappa shape index (κ2) is 7.56. The van der Waals surface area contributed by atoms with Crippen LogP contribution in [0.5, 0.6) is 5.75 Å². The van der Waals surface area contributed by atoms with Gasteiger partial charge in [0.15, 0.2) is 0 Å². The van der Waals surface area contributed by atoms with Crippen LogP contribution in [0.15, 0.2) is 25.3 Å². The summed E-state index contributed by atoms with van der Waals surface area (Å²) in [6.07, 6.45) is 3.92. The van der Waals surface area contributed by atoms with E-state index in [1.54, 1.807) is 18.2 Å². The van der Waals surface area contributed by atoms with E-state index in [2.05, 4.69) is 23.4 Å². The fourth-order valence-corrected chi connectivity index (χ4v) is 2.62. The smallest absolute Gasteiger partial charge is 0.305 e. The molecular weight excluding hydrogens is 330 g/mol. The van der Waals surface area contributed by atoms with E-state index in [0.29, 0.717) is 23.5 Å². The number of rotatable bonds is 6. The van der Waals surface area contributed by atoms with Gasteiger partial charge in [0.2, 0.25) is 0 Å². The molecule has 1 aromatic heterocycles. The van der Waals surface area contributed by atoms with Gasteiger partial charge in [-0.1, -0.05) is 40.0 Å². The number of hydrogen-bond acceptors (Lipinski definition) is 5. The summed E-state index contributed by atoms with van der Waals surface area (Å²) >= 11 is 0. The average molecular weight is 355 g/mol. The van der Waals surface area contributed by atoms with Gasteiger partial charge in [0.05, 0.1) is 7.11 Å². The maximum atomic E-state index is 11.5. The zero-order valence-corrected chi connectivity index (χ0v) is 15.7. The molecule has 0 spiro atoms. The number of hydrogen-bond donors (Lipinski definition) is 1. The first kappa shape index (κ1) is 19.4. The van der Waals surface area contributed by atoms with Crippen molar-refractivity contribution in [1.82, 2.24) is 15.0 Å². The van der Waals surface area contributed by atoms with Crippen LogP contribution in [0.25, 0.3) is 17.8 Å². The lowest BCUT2D eigenvalue weighted by Gasteiger charge is -2.23. The van der Waals surface area contributed by atoms with Gasteiger partial charge in [-0.05, 0) is 35.6 Å². The maximum absolute atomic E-state index is 11.5. The van der Waals surface area contributed by atoms with Gasteiger partial charge < -0.3 is 9.84 Å². The standard InChI is InChI=1S/C20H25N3O3/c1-7-15-16(8-2)22-23(21-15)17-12-13(9-10-18(24)26-6)11-14(19(17)25)20(3,4)5/h7-8,11-12,25H,1-2,9-10H2,3-6H3. The van der Waals surface area contributed by atoms with E-state index in [0.717, 1.165) is 11.1 Å². The van der Waals surface area contributed by atoms with Crippen LogP contribution in [-0.4, -0.2) is 33.2 Å². The molecule has 2 rings (SSSR count). The number of phenols is 1. The number of aromatic nitrogens is 3. The number of nitrogens with zero attached hydrogens (tertiary/aromatic N) is 3. The van der Waals surface area contributed by atoms with Gasteiger partial charge in [-0.15, -0.1) is 15.0 Å². The Labute approximate surface area is 153 Å². The Morgan fingerprint density at radius 3 is 2.27 bits per heavy atom. The summed E-state index contributed by atoms with van der Waals surface area (Å²) < 4.78 is 4.72. The van der Waals surface area contributed by atoms with Gasteiger partial charge in [-0.25, -0.2) is 0 Å². The van der Waals surface area contributed by atoms with Crippen LogP contribution in [-0.2, 0) is 21.4 Å². The highest BCUT2D eigenvalue weighted by molar-refractivity contribution is 5.69. The Bertz CT molecular complexity index is 819. The number of ether oxygens (including phenoxy) is 1. The third-order valence-corrected chi connectivity index (χ3v) is 4.07. The van der Waals surface area contributed by atoms with Gasteiger partial charge in [-0.3, -0.25) is 4.79 Å². The van der Waals surface area contributed by atoms with E-state index in [-0.39, 0.29) is 23.6 Å². The minimum absolute atomic E-state index is 0.112. The molecule has 6 heteroatoms. The molecule has 0 bridgehead atoms. The molecule has 2 aromatic rings. The lowest BCUT2D eigenvalue weighted by molar-refractivity contribution is -0.140. The largest absolute Gasteiger partial charge is 0.505 e. The maximum Gasteiger partial charge on any atom is 0.305 e. The molecule has 0 amide bonds. The Hall–Kier alpha value is -2.89. The Balaban J connectivity index is 2.59. The monoisotopic (exact) mass is 355 g/mol. The number of phenolic OH excluding ortho intramolecular Hbond substituents is 1. The minimum atomic E-state index is -0.296. The van der Waals surface area contributed by atoms with Crippen LogP contribution < -0.4 is 0 Å². The number of aromatic hydroxyl groups is 1.